The molecule has 0 saturated carbocycles. The third-order valence-electron chi connectivity index (χ3n) is 4.61. The van der Waals surface area contributed by atoms with E-state index in [1.165, 1.54) is 16.5 Å². The van der Waals surface area contributed by atoms with Crippen LogP contribution in [-0.2, 0) is 21.2 Å². The summed E-state index contributed by atoms with van der Waals surface area (Å²) < 4.78 is 24.7. The summed E-state index contributed by atoms with van der Waals surface area (Å²) in [6.45, 7) is 4.88. The van der Waals surface area contributed by atoms with Crippen LogP contribution in [-0.4, -0.2) is 53.6 Å². The molecule has 0 unspecified atom stereocenters. The molecule has 0 aliphatic carbocycles. The summed E-state index contributed by atoms with van der Waals surface area (Å²) in [6, 6.07) is 8.15. The predicted octanol–water partition coefficient (Wildman–Crippen LogP) is 2.47. The summed E-state index contributed by atoms with van der Waals surface area (Å²) in [5, 5.41) is 4.94. The Kier molecular flexibility index (Phi) is 5.72. The summed E-state index contributed by atoms with van der Waals surface area (Å²) in [5.74, 6) is -0.187. The number of aryl methyl sites for hydroxylation is 2. The van der Waals surface area contributed by atoms with E-state index in [2.05, 4.69) is 5.10 Å². The molecule has 1 saturated heterocycles. The lowest BCUT2D eigenvalue weighted by atomic mass is 10.1. The van der Waals surface area contributed by atoms with Crippen LogP contribution in [0.1, 0.15) is 22.4 Å². The number of halogens is 1. The minimum atomic E-state index is -3.01. The van der Waals surface area contributed by atoms with Gasteiger partial charge in [-0.25, -0.2) is 13.1 Å². The summed E-state index contributed by atoms with van der Waals surface area (Å²) in [7, 11) is -3.01. The summed E-state index contributed by atoms with van der Waals surface area (Å²) >= 11 is 6.46. The van der Waals surface area contributed by atoms with Gasteiger partial charge in [0, 0.05) is 24.7 Å². The Morgan fingerprint density at radius 3 is 2.44 bits per heavy atom. The molecule has 1 amide bonds. The zero-order valence-corrected chi connectivity index (χ0v) is 16.9. The first-order valence-electron chi connectivity index (χ1n) is 8.71. The maximum Gasteiger partial charge on any atom is 0.246 e. The number of carbonyl (C=O) groups is 1. The van der Waals surface area contributed by atoms with Crippen molar-refractivity contribution in [1.29, 1.82) is 0 Å². The largest absolute Gasteiger partial charge is 0.337 e. The molecule has 3 rings (SSSR count). The molecule has 0 spiro atoms. The predicted molar refractivity (Wildman–Crippen MR) is 107 cm³/mol. The van der Waals surface area contributed by atoms with Gasteiger partial charge in [0.05, 0.1) is 23.7 Å². The van der Waals surface area contributed by atoms with E-state index in [1.54, 1.807) is 10.8 Å². The second-order valence-electron chi connectivity index (χ2n) is 6.74. The Hall–Kier alpha value is -2.12. The van der Waals surface area contributed by atoms with Crippen LogP contribution in [0, 0.1) is 13.8 Å². The molecule has 2 heterocycles. The van der Waals surface area contributed by atoms with E-state index in [0.717, 1.165) is 11.3 Å². The number of hydrogen-bond donors (Lipinski definition) is 0. The van der Waals surface area contributed by atoms with Crippen LogP contribution in [0.15, 0.2) is 30.3 Å². The van der Waals surface area contributed by atoms with E-state index >= 15 is 0 Å². The van der Waals surface area contributed by atoms with Gasteiger partial charge in [0.2, 0.25) is 5.91 Å². The van der Waals surface area contributed by atoms with Crippen LogP contribution < -0.4 is 0 Å². The summed E-state index contributed by atoms with van der Waals surface area (Å²) in [4.78, 5) is 13.8. The van der Waals surface area contributed by atoms with Gasteiger partial charge in [-0.2, -0.15) is 5.10 Å². The van der Waals surface area contributed by atoms with E-state index in [-0.39, 0.29) is 30.5 Å². The van der Waals surface area contributed by atoms with E-state index in [9.17, 15) is 13.2 Å². The lowest BCUT2D eigenvalue weighted by Crippen LogP contribution is -2.43. The molecule has 1 fully saturated rings. The topological polar surface area (TPSA) is 72.3 Å². The van der Waals surface area contributed by atoms with Crippen molar-refractivity contribution < 1.29 is 13.2 Å². The summed E-state index contributed by atoms with van der Waals surface area (Å²) in [5.41, 5.74) is 3.71. The number of carbonyl (C=O) groups excluding carboxylic acids is 1. The molecule has 1 aromatic heterocycles. The Balaban J connectivity index is 1.71. The normalized spacial score (nSPS) is 16.8. The van der Waals surface area contributed by atoms with Crippen molar-refractivity contribution in [2.75, 3.05) is 24.6 Å². The molecular formula is C19H22ClN3O3S. The fourth-order valence-electron chi connectivity index (χ4n) is 2.92. The molecule has 1 aliphatic heterocycles. The van der Waals surface area contributed by atoms with Crippen LogP contribution in [0.3, 0.4) is 0 Å². The highest BCUT2D eigenvalue weighted by molar-refractivity contribution is 7.91. The van der Waals surface area contributed by atoms with E-state index < -0.39 is 9.84 Å². The number of aromatic nitrogens is 2. The van der Waals surface area contributed by atoms with E-state index in [1.807, 2.05) is 38.1 Å². The molecule has 8 heteroatoms. The Labute approximate surface area is 164 Å². The number of amides is 1. The smallest absolute Gasteiger partial charge is 0.246 e. The first-order valence-corrected chi connectivity index (χ1v) is 10.9. The summed E-state index contributed by atoms with van der Waals surface area (Å²) in [6.07, 6.45) is 3.09. The fourth-order valence-corrected chi connectivity index (χ4v) is 4.42. The van der Waals surface area contributed by atoms with E-state index in [0.29, 0.717) is 17.3 Å². The third-order valence-corrected chi connectivity index (χ3v) is 6.62. The Morgan fingerprint density at radius 2 is 1.81 bits per heavy atom. The minimum absolute atomic E-state index is 0.0147. The molecule has 6 nitrogen and oxygen atoms in total. The lowest BCUT2D eigenvalue weighted by Gasteiger charge is -2.25. The zero-order valence-electron chi connectivity index (χ0n) is 15.4. The van der Waals surface area contributed by atoms with E-state index in [4.69, 9.17) is 11.6 Å². The molecule has 144 valence electrons. The van der Waals surface area contributed by atoms with Gasteiger partial charge >= 0.3 is 0 Å². The Morgan fingerprint density at radius 1 is 1.19 bits per heavy atom. The number of benzene rings is 1. The second-order valence-corrected chi connectivity index (χ2v) is 9.41. The molecule has 0 radical (unpaired) electrons. The molecule has 1 aliphatic rings. The monoisotopic (exact) mass is 407 g/mol. The molecule has 0 N–H and O–H groups in total. The molecule has 0 bridgehead atoms. The van der Waals surface area contributed by atoms with Gasteiger partial charge in [-0.1, -0.05) is 41.4 Å². The van der Waals surface area contributed by atoms with Crippen molar-refractivity contribution in [2.24, 2.45) is 0 Å². The first-order chi connectivity index (χ1) is 12.7. The van der Waals surface area contributed by atoms with Gasteiger partial charge < -0.3 is 4.90 Å². The molecule has 1 aromatic carbocycles. The molecule has 27 heavy (non-hydrogen) atoms. The molecule has 2 aromatic rings. The highest BCUT2D eigenvalue weighted by Gasteiger charge is 2.23. The van der Waals surface area contributed by atoms with Crippen molar-refractivity contribution in [1.82, 2.24) is 14.7 Å². The average Bonchev–Trinajstić information content (AvgIpc) is 2.88. The van der Waals surface area contributed by atoms with Gasteiger partial charge in [0.15, 0.2) is 9.84 Å². The van der Waals surface area contributed by atoms with Crippen LogP contribution in [0.5, 0.6) is 0 Å². The maximum absolute atomic E-state index is 12.3. The SMILES string of the molecule is Cc1ccc(Cn2nc(C)c(/C=C/C(=O)N3CCS(=O)(=O)CC3)c2Cl)cc1. The third kappa shape index (κ3) is 4.78. The molecule has 0 atom stereocenters. The van der Waals surface area contributed by atoms with Gasteiger partial charge in [0.1, 0.15) is 5.15 Å². The number of nitrogens with zero attached hydrogens (tertiary/aromatic N) is 3. The van der Waals surface area contributed by atoms with Crippen LogP contribution in [0.2, 0.25) is 5.15 Å². The lowest BCUT2D eigenvalue weighted by molar-refractivity contribution is -0.125. The van der Waals surface area contributed by atoms with Gasteiger partial charge in [-0.15, -0.1) is 0 Å². The number of rotatable bonds is 4. The van der Waals surface area contributed by atoms with Crippen molar-refractivity contribution in [2.45, 2.75) is 20.4 Å². The van der Waals surface area contributed by atoms with Crippen molar-refractivity contribution in [3.8, 4) is 0 Å². The number of sulfone groups is 1. The second kappa shape index (κ2) is 7.86. The van der Waals surface area contributed by atoms with Crippen molar-refractivity contribution in [3.63, 3.8) is 0 Å². The maximum atomic E-state index is 12.3. The standard InChI is InChI=1S/C19H22ClN3O3S/c1-14-3-5-16(6-4-14)13-23-19(20)17(15(2)21-23)7-8-18(24)22-9-11-27(25,26)12-10-22/h3-8H,9-13H2,1-2H3/b8-7+. The quantitative estimate of drug-likeness (QED) is 0.730. The van der Waals surface area contributed by atoms with Crippen LogP contribution in [0.25, 0.3) is 6.08 Å². The van der Waals surface area contributed by atoms with Gasteiger partial charge in [-0.3, -0.25) is 4.79 Å². The minimum Gasteiger partial charge on any atom is -0.337 e. The number of hydrogen-bond acceptors (Lipinski definition) is 4. The average molecular weight is 408 g/mol. The van der Waals surface area contributed by atoms with Gasteiger partial charge in [0.25, 0.3) is 0 Å². The Bertz CT molecular complexity index is 964. The van der Waals surface area contributed by atoms with Crippen LogP contribution in [0.4, 0.5) is 0 Å². The van der Waals surface area contributed by atoms with Crippen molar-refractivity contribution in [3.05, 3.63) is 57.9 Å². The highest BCUT2D eigenvalue weighted by atomic mass is 35.5. The first kappa shape index (κ1) is 19.6. The fraction of sp³-hybridized carbons (Fsp3) is 0.368. The van der Waals surface area contributed by atoms with Crippen LogP contribution >= 0.6 is 11.6 Å². The van der Waals surface area contributed by atoms with Crippen molar-refractivity contribution >= 4 is 33.4 Å². The zero-order chi connectivity index (χ0) is 19.6. The highest BCUT2D eigenvalue weighted by Crippen LogP contribution is 2.22. The van der Waals surface area contributed by atoms with Gasteiger partial charge in [-0.05, 0) is 25.5 Å². The molecular weight excluding hydrogens is 386 g/mol.